The largest absolute Gasteiger partial charge is 0.463 e. The molecule has 0 aliphatic rings. The van der Waals surface area contributed by atoms with Crippen molar-refractivity contribution in [1.82, 2.24) is 0 Å². The van der Waals surface area contributed by atoms with Gasteiger partial charge in [0.25, 0.3) is 5.91 Å². The molecule has 130 valence electrons. The first-order valence-corrected chi connectivity index (χ1v) is 9.01. The number of rotatable bonds is 7. The lowest BCUT2D eigenvalue weighted by Gasteiger charge is -2.06. The van der Waals surface area contributed by atoms with E-state index in [1.165, 1.54) is 6.08 Å². The van der Waals surface area contributed by atoms with Gasteiger partial charge < -0.3 is 10.1 Å². The summed E-state index contributed by atoms with van der Waals surface area (Å²) in [7, 11) is 0. The average Bonchev–Trinajstić information content (AvgIpc) is 2.61. The normalized spacial score (nSPS) is 10.6. The third kappa shape index (κ3) is 6.47. The number of carbonyl (C=O) groups is 2. The van der Waals surface area contributed by atoms with Gasteiger partial charge >= 0.3 is 5.97 Å². The smallest absolute Gasteiger partial charge is 0.330 e. The van der Waals surface area contributed by atoms with Crippen molar-refractivity contribution in [3.63, 3.8) is 0 Å². The fourth-order valence-electron chi connectivity index (χ4n) is 2.02. The van der Waals surface area contributed by atoms with Crippen LogP contribution in [0.15, 0.2) is 65.6 Å². The topological polar surface area (TPSA) is 55.4 Å². The summed E-state index contributed by atoms with van der Waals surface area (Å²) in [5, 5.41) is 2.88. The minimum Gasteiger partial charge on any atom is -0.463 e. The Labute approximate surface area is 152 Å². The predicted molar refractivity (Wildman–Crippen MR) is 102 cm³/mol. The van der Waals surface area contributed by atoms with Gasteiger partial charge in [0.1, 0.15) is 0 Å². The summed E-state index contributed by atoms with van der Waals surface area (Å²) in [4.78, 5) is 24.4. The Morgan fingerprint density at radius 1 is 1.08 bits per heavy atom. The van der Waals surface area contributed by atoms with Gasteiger partial charge in [-0.05, 0) is 50.2 Å². The third-order valence-electron chi connectivity index (χ3n) is 3.31. The van der Waals surface area contributed by atoms with Crippen molar-refractivity contribution >= 4 is 29.3 Å². The maximum atomic E-state index is 12.2. The summed E-state index contributed by atoms with van der Waals surface area (Å²) in [5.41, 5.74) is 2.50. The molecular weight excluding hydrogens is 334 g/mol. The highest BCUT2D eigenvalue weighted by atomic mass is 32.2. The van der Waals surface area contributed by atoms with Crippen LogP contribution < -0.4 is 5.32 Å². The molecule has 4 nitrogen and oxygen atoms in total. The molecule has 0 bridgehead atoms. The molecule has 2 rings (SSSR count). The number of anilines is 1. The van der Waals surface area contributed by atoms with Crippen LogP contribution in [0.2, 0.25) is 0 Å². The molecule has 0 aliphatic heterocycles. The maximum Gasteiger partial charge on any atom is 0.330 e. The second-order valence-corrected chi connectivity index (χ2v) is 6.40. The lowest BCUT2D eigenvalue weighted by Crippen LogP contribution is -2.11. The third-order valence-corrected chi connectivity index (χ3v) is 4.28. The van der Waals surface area contributed by atoms with Gasteiger partial charge in [0.05, 0.1) is 6.61 Å². The van der Waals surface area contributed by atoms with Crippen LogP contribution in [0.1, 0.15) is 22.8 Å². The molecule has 0 aromatic heterocycles. The summed E-state index contributed by atoms with van der Waals surface area (Å²) < 4.78 is 4.81. The van der Waals surface area contributed by atoms with E-state index in [1.807, 2.05) is 55.5 Å². The van der Waals surface area contributed by atoms with E-state index in [-0.39, 0.29) is 11.9 Å². The zero-order valence-electron chi connectivity index (χ0n) is 14.3. The van der Waals surface area contributed by atoms with Crippen LogP contribution >= 0.6 is 11.8 Å². The number of benzene rings is 2. The minimum atomic E-state index is -0.322. The van der Waals surface area contributed by atoms with Crippen molar-refractivity contribution < 1.29 is 14.3 Å². The summed E-state index contributed by atoms with van der Waals surface area (Å²) in [5.74, 6) is 0.225. The number of thioether (sulfide) groups is 1. The van der Waals surface area contributed by atoms with Crippen molar-refractivity contribution in [1.29, 1.82) is 0 Å². The lowest BCUT2D eigenvalue weighted by atomic mass is 10.1. The Hall–Kier alpha value is -2.53. The lowest BCUT2D eigenvalue weighted by molar-refractivity contribution is -0.137. The van der Waals surface area contributed by atoms with Crippen molar-refractivity contribution in [3.8, 4) is 0 Å². The van der Waals surface area contributed by atoms with Crippen LogP contribution in [0, 0.1) is 6.92 Å². The maximum absolute atomic E-state index is 12.2. The highest BCUT2D eigenvalue weighted by molar-refractivity contribution is 7.99. The highest BCUT2D eigenvalue weighted by Gasteiger charge is 2.05. The first-order chi connectivity index (χ1) is 12.1. The number of ether oxygens (including phenoxy) is 1. The molecule has 0 heterocycles. The number of nitrogens with one attached hydrogen (secondary N) is 1. The molecule has 0 saturated carbocycles. The molecule has 0 aliphatic carbocycles. The molecule has 0 fully saturated rings. The molecule has 0 spiro atoms. The van der Waals surface area contributed by atoms with Crippen LogP contribution in [0.5, 0.6) is 0 Å². The van der Waals surface area contributed by atoms with E-state index in [0.29, 0.717) is 17.9 Å². The summed E-state index contributed by atoms with van der Waals surface area (Å²) in [6.45, 7) is 4.14. The first kappa shape index (κ1) is 18.8. The standard InChI is InChI=1S/C20H21NO3S/c1-3-24-19(22)5-4-14-25-18-12-10-17(11-13-18)21-20(23)16-8-6-15(2)7-9-16/h4-13H,3,14H2,1-2H3,(H,21,23)/b5-4+. The molecule has 5 heteroatoms. The fraction of sp³-hybridized carbons (Fsp3) is 0.200. The van der Waals surface area contributed by atoms with Crippen LogP contribution in [0.25, 0.3) is 0 Å². The molecule has 2 aromatic carbocycles. The quantitative estimate of drug-likeness (QED) is 0.453. The van der Waals surface area contributed by atoms with Gasteiger partial charge in [0.2, 0.25) is 0 Å². The number of carbonyl (C=O) groups excluding carboxylic acids is 2. The second-order valence-electron chi connectivity index (χ2n) is 5.31. The number of hydrogen-bond donors (Lipinski definition) is 1. The van der Waals surface area contributed by atoms with Gasteiger partial charge in [-0.25, -0.2) is 4.79 Å². The summed E-state index contributed by atoms with van der Waals surface area (Å²) >= 11 is 1.60. The van der Waals surface area contributed by atoms with Gasteiger partial charge in [0, 0.05) is 28.0 Å². The Morgan fingerprint density at radius 3 is 2.40 bits per heavy atom. The molecule has 1 N–H and O–H groups in total. The van der Waals surface area contributed by atoms with Crippen LogP contribution in [0.4, 0.5) is 5.69 Å². The van der Waals surface area contributed by atoms with Gasteiger partial charge in [-0.1, -0.05) is 23.8 Å². The molecular formula is C20H21NO3S. The Bertz CT molecular complexity index is 737. The molecule has 25 heavy (non-hydrogen) atoms. The van der Waals surface area contributed by atoms with E-state index in [4.69, 9.17) is 4.74 Å². The predicted octanol–water partition coefficient (Wildman–Crippen LogP) is 4.46. The van der Waals surface area contributed by atoms with E-state index in [0.717, 1.165) is 16.1 Å². The van der Waals surface area contributed by atoms with Crippen LogP contribution in [-0.2, 0) is 9.53 Å². The number of esters is 1. The van der Waals surface area contributed by atoms with E-state index in [1.54, 1.807) is 24.8 Å². The molecule has 0 saturated heterocycles. The van der Waals surface area contributed by atoms with E-state index in [9.17, 15) is 9.59 Å². The fourth-order valence-corrected chi connectivity index (χ4v) is 2.74. The van der Waals surface area contributed by atoms with E-state index < -0.39 is 0 Å². The van der Waals surface area contributed by atoms with Gasteiger partial charge in [-0.15, -0.1) is 11.8 Å². The zero-order valence-corrected chi connectivity index (χ0v) is 15.1. The number of amides is 1. The molecule has 0 unspecified atom stereocenters. The monoisotopic (exact) mass is 355 g/mol. The van der Waals surface area contributed by atoms with Crippen LogP contribution in [0.3, 0.4) is 0 Å². The van der Waals surface area contributed by atoms with Gasteiger partial charge in [-0.3, -0.25) is 4.79 Å². The molecule has 0 radical (unpaired) electrons. The summed E-state index contributed by atoms with van der Waals surface area (Å²) in [6, 6.07) is 15.1. The van der Waals surface area contributed by atoms with Crippen molar-refractivity contribution in [2.24, 2.45) is 0 Å². The molecule has 2 aromatic rings. The first-order valence-electron chi connectivity index (χ1n) is 8.02. The van der Waals surface area contributed by atoms with Crippen LogP contribution in [-0.4, -0.2) is 24.2 Å². The van der Waals surface area contributed by atoms with Crippen molar-refractivity contribution in [2.75, 3.05) is 17.7 Å². The highest BCUT2D eigenvalue weighted by Crippen LogP contribution is 2.20. The number of aryl methyl sites for hydroxylation is 1. The zero-order chi connectivity index (χ0) is 18.1. The van der Waals surface area contributed by atoms with Crippen molar-refractivity contribution in [2.45, 2.75) is 18.7 Å². The van der Waals surface area contributed by atoms with Gasteiger partial charge in [-0.2, -0.15) is 0 Å². The minimum absolute atomic E-state index is 0.127. The Kier molecular flexibility index (Phi) is 7.29. The second kappa shape index (κ2) is 9.69. The molecule has 1 amide bonds. The Balaban J connectivity index is 1.84. The Morgan fingerprint density at radius 2 is 1.76 bits per heavy atom. The SMILES string of the molecule is CCOC(=O)/C=C/CSc1ccc(NC(=O)c2ccc(C)cc2)cc1. The molecule has 0 atom stereocenters. The van der Waals surface area contributed by atoms with E-state index in [2.05, 4.69) is 5.32 Å². The van der Waals surface area contributed by atoms with Crippen molar-refractivity contribution in [3.05, 3.63) is 71.8 Å². The van der Waals surface area contributed by atoms with E-state index >= 15 is 0 Å². The summed E-state index contributed by atoms with van der Waals surface area (Å²) in [6.07, 6.45) is 3.21. The average molecular weight is 355 g/mol. The van der Waals surface area contributed by atoms with Gasteiger partial charge in [0.15, 0.2) is 0 Å². The number of hydrogen-bond acceptors (Lipinski definition) is 4.